The number of piperidine rings is 1. The predicted octanol–water partition coefficient (Wildman–Crippen LogP) is 5.81. The number of nitrogens with zero attached hydrogens (tertiary/aromatic N) is 2. The maximum atomic E-state index is 13.8. The Balaban J connectivity index is 1.34. The molecule has 1 aromatic heterocycles. The lowest BCUT2D eigenvalue weighted by Gasteiger charge is -2.41. The lowest BCUT2D eigenvalue weighted by Crippen LogP contribution is -2.43. The van der Waals surface area contributed by atoms with Gasteiger partial charge in [-0.3, -0.25) is 4.98 Å². The van der Waals surface area contributed by atoms with Crippen LogP contribution >= 0.6 is 11.8 Å². The smallest absolute Gasteiger partial charge is 0.194 e. The van der Waals surface area contributed by atoms with Gasteiger partial charge in [0.2, 0.25) is 0 Å². The molecule has 5 nitrogen and oxygen atoms in total. The third kappa shape index (κ3) is 6.42. The number of ether oxygens (including phenoxy) is 1. The molecule has 2 N–H and O–H groups in total. The highest BCUT2D eigenvalue weighted by atomic mass is 32.2. The number of aliphatic hydroxyl groups excluding tert-OH is 2. The van der Waals surface area contributed by atoms with Gasteiger partial charge in [0.15, 0.2) is 17.5 Å². The molecule has 0 unspecified atom stereocenters. The number of methoxy groups -OCH3 is 1. The molecule has 10 heteroatoms. The number of aromatic nitrogens is 1. The monoisotopic (exact) mass is 552 g/mol. The first-order valence-electron chi connectivity index (χ1n) is 12.6. The molecule has 38 heavy (non-hydrogen) atoms. The maximum absolute atomic E-state index is 13.8. The van der Waals surface area contributed by atoms with Crippen molar-refractivity contribution in [3.8, 4) is 5.75 Å². The Labute approximate surface area is 223 Å². The number of hydrogen-bond acceptors (Lipinski definition) is 6. The van der Waals surface area contributed by atoms with Gasteiger partial charge in [0.1, 0.15) is 12.4 Å². The summed E-state index contributed by atoms with van der Waals surface area (Å²) < 4.78 is 59.1. The number of benzene rings is 2. The van der Waals surface area contributed by atoms with Crippen LogP contribution in [0, 0.1) is 22.9 Å². The van der Waals surface area contributed by atoms with Crippen molar-refractivity contribution in [1.29, 1.82) is 0 Å². The summed E-state index contributed by atoms with van der Waals surface area (Å²) in [5.74, 6) is -2.68. The number of aliphatic hydroxyl groups is 2. The van der Waals surface area contributed by atoms with E-state index < -0.39 is 30.2 Å². The molecule has 1 aliphatic rings. The Bertz CT molecular complexity index is 1230. The molecule has 206 valence electrons. The molecule has 4 rings (SSSR count). The van der Waals surface area contributed by atoms with Crippen LogP contribution < -0.4 is 4.74 Å². The minimum Gasteiger partial charge on any atom is -0.497 e. The summed E-state index contributed by atoms with van der Waals surface area (Å²) in [6.07, 6.45) is 2.92. The zero-order chi connectivity index (χ0) is 27.3. The van der Waals surface area contributed by atoms with E-state index in [2.05, 4.69) is 9.88 Å². The van der Waals surface area contributed by atoms with E-state index in [1.54, 1.807) is 25.3 Å². The number of likely N-dealkylation sites (tertiary alicyclic amines) is 1. The number of hydrogen-bond donors (Lipinski definition) is 2. The Morgan fingerprint density at radius 3 is 2.47 bits per heavy atom. The van der Waals surface area contributed by atoms with E-state index in [1.165, 1.54) is 18.0 Å². The highest BCUT2D eigenvalue weighted by molar-refractivity contribution is 7.99. The van der Waals surface area contributed by atoms with Crippen molar-refractivity contribution >= 4 is 22.7 Å². The topological polar surface area (TPSA) is 65.8 Å². The van der Waals surface area contributed by atoms with Gasteiger partial charge in [0.25, 0.3) is 0 Å². The molecule has 2 heterocycles. The molecule has 1 aliphatic heterocycles. The van der Waals surface area contributed by atoms with Crippen LogP contribution in [-0.4, -0.2) is 59.2 Å². The van der Waals surface area contributed by atoms with Crippen molar-refractivity contribution < 1.29 is 32.5 Å². The molecule has 1 atom stereocenters. The Morgan fingerprint density at radius 2 is 1.84 bits per heavy atom. The first-order valence-corrected chi connectivity index (χ1v) is 13.6. The van der Waals surface area contributed by atoms with Crippen LogP contribution in [0.4, 0.5) is 17.6 Å². The van der Waals surface area contributed by atoms with Gasteiger partial charge in [-0.15, -0.1) is 11.8 Å². The Kier molecular flexibility index (Phi) is 9.51. The van der Waals surface area contributed by atoms with E-state index in [-0.39, 0.29) is 12.0 Å². The van der Waals surface area contributed by atoms with Gasteiger partial charge in [-0.05, 0) is 80.1 Å². The van der Waals surface area contributed by atoms with Crippen molar-refractivity contribution in [2.24, 2.45) is 5.41 Å². The Hall–Kier alpha value is -2.40. The largest absolute Gasteiger partial charge is 0.497 e. The van der Waals surface area contributed by atoms with Crippen molar-refractivity contribution in [2.45, 2.75) is 43.4 Å². The SMILES string of the molecule is COc1ccc2ncc(CF)c([C@H](O)CCC3(CO)CCN(CCSc4cc(F)c(F)c(F)c4)CC3)c2c1. The van der Waals surface area contributed by atoms with Gasteiger partial charge >= 0.3 is 0 Å². The van der Waals surface area contributed by atoms with Gasteiger partial charge in [-0.25, -0.2) is 17.6 Å². The zero-order valence-corrected chi connectivity index (χ0v) is 22.0. The molecule has 0 bridgehead atoms. The molecule has 2 aromatic carbocycles. The first kappa shape index (κ1) is 28.6. The summed E-state index contributed by atoms with van der Waals surface area (Å²) in [6, 6.07) is 7.30. The number of thioether (sulfide) groups is 1. The summed E-state index contributed by atoms with van der Waals surface area (Å²) in [6.45, 7) is 1.38. The quantitative estimate of drug-likeness (QED) is 0.178. The number of rotatable bonds is 11. The number of alkyl halides is 1. The second-order valence-corrected chi connectivity index (χ2v) is 11.0. The van der Waals surface area contributed by atoms with E-state index in [9.17, 15) is 27.8 Å². The third-order valence-electron chi connectivity index (χ3n) is 7.51. The molecule has 0 spiro atoms. The average Bonchev–Trinajstić information content (AvgIpc) is 2.94. The van der Waals surface area contributed by atoms with Crippen molar-refractivity contribution in [3.63, 3.8) is 0 Å². The van der Waals surface area contributed by atoms with Crippen molar-refractivity contribution in [2.75, 3.05) is 39.1 Å². The van der Waals surface area contributed by atoms with Gasteiger partial charge in [0.05, 0.1) is 18.7 Å². The molecule has 0 radical (unpaired) electrons. The van der Waals surface area contributed by atoms with Gasteiger partial charge in [0, 0.05) is 40.9 Å². The number of pyridine rings is 1. The summed E-state index contributed by atoms with van der Waals surface area (Å²) >= 11 is 1.26. The lowest BCUT2D eigenvalue weighted by molar-refractivity contribution is 0.0253. The van der Waals surface area contributed by atoms with Crippen LogP contribution in [0.2, 0.25) is 0 Å². The van der Waals surface area contributed by atoms with Crippen LogP contribution in [-0.2, 0) is 6.67 Å². The normalized spacial score (nSPS) is 16.6. The fraction of sp³-hybridized carbons (Fsp3) is 0.464. The van der Waals surface area contributed by atoms with E-state index in [4.69, 9.17) is 4.74 Å². The fourth-order valence-electron chi connectivity index (χ4n) is 5.09. The van der Waals surface area contributed by atoms with Crippen LogP contribution in [0.5, 0.6) is 5.75 Å². The molecule has 1 fully saturated rings. The predicted molar refractivity (Wildman–Crippen MR) is 140 cm³/mol. The second-order valence-electron chi connectivity index (χ2n) is 9.82. The first-order chi connectivity index (χ1) is 18.3. The van der Waals surface area contributed by atoms with E-state index >= 15 is 0 Å². The molecular formula is C28H32F4N2O3S. The van der Waals surface area contributed by atoms with E-state index in [0.29, 0.717) is 57.8 Å². The molecule has 0 aliphatic carbocycles. The summed E-state index contributed by atoms with van der Waals surface area (Å²) in [5, 5.41) is 22.1. The second kappa shape index (κ2) is 12.6. The van der Waals surface area contributed by atoms with Crippen LogP contribution in [0.3, 0.4) is 0 Å². The zero-order valence-electron chi connectivity index (χ0n) is 21.2. The van der Waals surface area contributed by atoms with Gasteiger partial charge in [-0.1, -0.05) is 0 Å². The molecule has 3 aromatic rings. The summed E-state index contributed by atoms with van der Waals surface area (Å²) in [7, 11) is 1.54. The molecule has 0 amide bonds. The van der Waals surface area contributed by atoms with Crippen LogP contribution in [0.1, 0.15) is 42.9 Å². The summed E-state index contributed by atoms with van der Waals surface area (Å²) in [5.41, 5.74) is 1.13. The minimum atomic E-state index is -1.46. The fourth-order valence-corrected chi connectivity index (χ4v) is 6.05. The maximum Gasteiger partial charge on any atom is 0.194 e. The molecule has 0 saturated carbocycles. The lowest BCUT2D eigenvalue weighted by atomic mass is 9.74. The van der Waals surface area contributed by atoms with Crippen LogP contribution in [0.25, 0.3) is 10.9 Å². The minimum absolute atomic E-state index is 0.0165. The van der Waals surface area contributed by atoms with Gasteiger partial charge in [-0.2, -0.15) is 0 Å². The van der Waals surface area contributed by atoms with Crippen molar-refractivity contribution in [3.05, 3.63) is 65.1 Å². The highest BCUT2D eigenvalue weighted by Gasteiger charge is 2.34. The summed E-state index contributed by atoms with van der Waals surface area (Å²) in [4.78, 5) is 6.87. The molecule has 1 saturated heterocycles. The standard InChI is InChI=1S/C28H32F4N2O3S/c1-37-19-2-3-24-21(12-19)26(18(15-29)16-33-24)25(36)4-5-28(17-35)6-8-34(9-7-28)10-11-38-20-13-22(30)27(32)23(31)14-20/h2-3,12-14,16,25,35-36H,4-11,15,17H2,1H3/t25-/m1/s1. The average molecular weight is 553 g/mol. The molecular weight excluding hydrogens is 520 g/mol. The van der Waals surface area contributed by atoms with E-state index in [0.717, 1.165) is 38.1 Å². The Morgan fingerprint density at radius 1 is 1.13 bits per heavy atom. The number of halogens is 4. The van der Waals surface area contributed by atoms with E-state index in [1.807, 2.05) is 0 Å². The van der Waals surface area contributed by atoms with Gasteiger partial charge < -0.3 is 19.8 Å². The van der Waals surface area contributed by atoms with Crippen LogP contribution in [0.15, 0.2) is 41.4 Å². The van der Waals surface area contributed by atoms with Crippen molar-refractivity contribution in [1.82, 2.24) is 9.88 Å². The third-order valence-corrected chi connectivity index (χ3v) is 8.47. The highest BCUT2D eigenvalue weighted by Crippen LogP contribution is 2.40. The number of fused-ring (bicyclic) bond motifs is 1.